The van der Waals surface area contributed by atoms with E-state index < -0.39 is 10.8 Å². The Morgan fingerprint density at radius 3 is 2.55 bits per heavy atom. The number of hydrazone groups is 1. The quantitative estimate of drug-likeness (QED) is 0.239. The first-order chi connectivity index (χ1) is 15.9. The Morgan fingerprint density at radius 2 is 1.85 bits per heavy atom. The minimum absolute atomic E-state index is 0.0985. The van der Waals surface area contributed by atoms with Crippen LogP contribution in [0, 0.1) is 10.1 Å². The molecule has 10 heteroatoms. The van der Waals surface area contributed by atoms with Gasteiger partial charge in [0.05, 0.1) is 22.8 Å². The smallest absolute Gasteiger partial charge is 0.282 e. The molecule has 3 aromatic rings. The van der Waals surface area contributed by atoms with E-state index in [1.54, 1.807) is 24.3 Å². The van der Waals surface area contributed by atoms with E-state index in [9.17, 15) is 14.9 Å². The molecule has 0 aliphatic heterocycles. The SMILES string of the molecule is CCOc1cc(/C=N\NC(=O)c2ccccc2[N+](=O)[O-])cc(Cl)c1OCc1ccc(Cl)cc1. The van der Waals surface area contributed by atoms with Crippen LogP contribution < -0.4 is 14.9 Å². The Kier molecular flexibility index (Phi) is 8.23. The Labute approximate surface area is 199 Å². The number of para-hydroxylation sites is 1. The van der Waals surface area contributed by atoms with E-state index in [0.717, 1.165) is 5.56 Å². The molecular weight excluding hydrogens is 469 g/mol. The van der Waals surface area contributed by atoms with Gasteiger partial charge >= 0.3 is 0 Å². The lowest BCUT2D eigenvalue weighted by atomic mass is 10.2. The minimum atomic E-state index is -0.711. The lowest BCUT2D eigenvalue weighted by Crippen LogP contribution is -2.18. The predicted molar refractivity (Wildman–Crippen MR) is 127 cm³/mol. The molecule has 170 valence electrons. The van der Waals surface area contributed by atoms with Crippen molar-refractivity contribution in [2.24, 2.45) is 5.10 Å². The van der Waals surface area contributed by atoms with Gasteiger partial charge in [0.1, 0.15) is 12.2 Å². The maximum atomic E-state index is 12.3. The van der Waals surface area contributed by atoms with Crippen LogP contribution in [-0.4, -0.2) is 23.7 Å². The first-order valence-corrected chi connectivity index (χ1v) is 10.5. The first kappa shape index (κ1) is 24.0. The molecule has 0 spiro atoms. The van der Waals surface area contributed by atoms with Crippen molar-refractivity contribution >= 4 is 41.0 Å². The number of nitrogens with zero attached hydrogens (tertiary/aromatic N) is 2. The molecule has 0 fully saturated rings. The van der Waals surface area contributed by atoms with Gasteiger partial charge in [0, 0.05) is 11.1 Å². The molecule has 0 atom stereocenters. The highest BCUT2D eigenvalue weighted by molar-refractivity contribution is 6.32. The summed E-state index contributed by atoms with van der Waals surface area (Å²) in [6, 6.07) is 16.1. The number of carbonyl (C=O) groups excluding carboxylic acids is 1. The van der Waals surface area contributed by atoms with Crippen molar-refractivity contribution in [1.82, 2.24) is 5.43 Å². The van der Waals surface area contributed by atoms with Gasteiger partial charge in [-0.1, -0.05) is 47.5 Å². The second kappa shape index (κ2) is 11.3. The number of rotatable bonds is 9. The zero-order valence-corrected chi connectivity index (χ0v) is 19.0. The summed E-state index contributed by atoms with van der Waals surface area (Å²) in [5.41, 5.74) is 3.31. The number of hydrogen-bond donors (Lipinski definition) is 1. The molecule has 0 heterocycles. The van der Waals surface area contributed by atoms with Gasteiger partial charge in [-0.3, -0.25) is 14.9 Å². The van der Waals surface area contributed by atoms with Gasteiger partial charge in [0.15, 0.2) is 11.5 Å². The molecule has 0 aliphatic carbocycles. The molecule has 33 heavy (non-hydrogen) atoms. The van der Waals surface area contributed by atoms with Gasteiger partial charge in [-0.25, -0.2) is 5.43 Å². The number of ether oxygens (including phenoxy) is 2. The average Bonchev–Trinajstić information content (AvgIpc) is 2.80. The molecule has 8 nitrogen and oxygen atoms in total. The van der Waals surface area contributed by atoms with Crippen LogP contribution in [0.15, 0.2) is 65.8 Å². The van der Waals surface area contributed by atoms with Crippen molar-refractivity contribution in [3.8, 4) is 11.5 Å². The van der Waals surface area contributed by atoms with E-state index in [4.69, 9.17) is 32.7 Å². The van der Waals surface area contributed by atoms with Crippen LogP contribution in [0.3, 0.4) is 0 Å². The van der Waals surface area contributed by atoms with E-state index in [0.29, 0.717) is 33.7 Å². The van der Waals surface area contributed by atoms with Gasteiger partial charge < -0.3 is 9.47 Å². The summed E-state index contributed by atoms with van der Waals surface area (Å²) in [5, 5.41) is 15.9. The molecule has 1 amide bonds. The Hall–Kier alpha value is -3.62. The number of carbonyl (C=O) groups is 1. The van der Waals surface area contributed by atoms with Crippen LogP contribution >= 0.6 is 23.2 Å². The molecular formula is C23H19Cl2N3O5. The zero-order valence-electron chi connectivity index (χ0n) is 17.5. The third kappa shape index (κ3) is 6.44. The number of hydrogen-bond acceptors (Lipinski definition) is 6. The number of nitrogens with one attached hydrogen (secondary N) is 1. The lowest BCUT2D eigenvalue weighted by Gasteiger charge is -2.14. The Balaban J connectivity index is 1.74. The molecule has 1 N–H and O–H groups in total. The highest BCUT2D eigenvalue weighted by Gasteiger charge is 2.18. The highest BCUT2D eigenvalue weighted by atomic mass is 35.5. The minimum Gasteiger partial charge on any atom is -0.490 e. The van der Waals surface area contributed by atoms with E-state index >= 15 is 0 Å². The second-order valence-electron chi connectivity index (χ2n) is 6.65. The summed E-state index contributed by atoms with van der Waals surface area (Å²) < 4.78 is 11.5. The fraction of sp³-hybridized carbons (Fsp3) is 0.130. The molecule has 3 aromatic carbocycles. The average molecular weight is 488 g/mol. The molecule has 0 aliphatic rings. The molecule has 0 unspecified atom stereocenters. The Morgan fingerprint density at radius 1 is 1.12 bits per heavy atom. The Bertz CT molecular complexity index is 1180. The van der Waals surface area contributed by atoms with E-state index in [1.807, 2.05) is 19.1 Å². The van der Waals surface area contributed by atoms with Gasteiger partial charge in [0.25, 0.3) is 11.6 Å². The van der Waals surface area contributed by atoms with Crippen LogP contribution in [0.5, 0.6) is 11.5 Å². The molecule has 0 radical (unpaired) electrons. The van der Waals surface area contributed by atoms with Crippen LogP contribution in [0.25, 0.3) is 0 Å². The number of benzene rings is 3. The van der Waals surface area contributed by atoms with Gasteiger partial charge in [-0.05, 0) is 48.4 Å². The number of nitro benzene ring substituents is 1. The highest BCUT2D eigenvalue weighted by Crippen LogP contribution is 2.37. The molecule has 3 rings (SSSR count). The first-order valence-electron chi connectivity index (χ1n) is 9.79. The van der Waals surface area contributed by atoms with Crippen LogP contribution in [0.4, 0.5) is 5.69 Å². The van der Waals surface area contributed by atoms with Gasteiger partial charge in [0.2, 0.25) is 0 Å². The number of halogens is 2. The largest absolute Gasteiger partial charge is 0.490 e. The topological polar surface area (TPSA) is 103 Å². The monoisotopic (exact) mass is 487 g/mol. The normalized spacial score (nSPS) is 10.8. The third-order valence-corrected chi connectivity index (χ3v) is 4.89. The predicted octanol–water partition coefficient (Wildman–Crippen LogP) is 5.64. The van der Waals surface area contributed by atoms with Crippen LogP contribution in [0.1, 0.15) is 28.4 Å². The number of amides is 1. The van der Waals surface area contributed by atoms with Crippen molar-refractivity contribution in [1.29, 1.82) is 0 Å². The van der Waals surface area contributed by atoms with Gasteiger partial charge in [-0.15, -0.1) is 0 Å². The van der Waals surface area contributed by atoms with Crippen molar-refractivity contribution in [2.75, 3.05) is 6.61 Å². The van der Waals surface area contributed by atoms with E-state index in [1.165, 1.54) is 30.5 Å². The van der Waals surface area contributed by atoms with Crippen molar-refractivity contribution in [3.63, 3.8) is 0 Å². The summed E-state index contributed by atoms with van der Waals surface area (Å²) in [6.07, 6.45) is 1.35. The summed E-state index contributed by atoms with van der Waals surface area (Å²) in [4.78, 5) is 22.7. The maximum Gasteiger partial charge on any atom is 0.282 e. The lowest BCUT2D eigenvalue weighted by molar-refractivity contribution is -0.385. The molecule has 0 aromatic heterocycles. The molecule has 0 bridgehead atoms. The van der Waals surface area contributed by atoms with Crippen molar-refractivity contribution in [2.45, 2.75) is 13.5 Å². The van der Waals surface area contributed by atoms with Crippen molar-refractivity contribution in [3.05, 3.63) is 97.5 Å². The van der Waals surface area contributed by atoms with E-state index in [2.05, 4.69) is 10.5 Å². The van der Waals surface area contributed by atoms with Gasteiger partial charge in [-0.2, -0.15) is 5.10 Å². The number of nitro groups is 1. The van der Waals surface area contributed by atoms with E-state index in [-0.39, 0.29) is 17.9 Å². The maximum absolute atomic E-state index is 12.3. The molecule has 0 saturated heterocycles. The summed E-state index contributed by atoms with van der Waals surface area (Å²) in [6.45, 7) is 2.46. The zero-order chi connectivity index (χ0) is 23.8. The summed E-state index contributed by atoms with van der Waals surface area (Å²) >= 11 is 12.3. The molecule has 0 saturated carbocycles. The second-order valence-corrected chi connectivity index (χ2v) is 7.50. The fourth-order valence-electron chi connectivity index (χ4n) is 2.85. The van der Waals surface area contributed by atoms with Crippen LogP contribution in [0.2, 0.25) is 10.0 Å². The standard InChI is InChI=1S/C23H19Cl2N3O5/c1-2-32-21-12-16(11-19(25)22(21)33-14-15-7-9-17(24)10-8-15)13-26-27-23(29)18-5-3-4-6-20(18)28(30)31/h3-13H,2,14H2,1H3,(H,27,29)/b26-13-. The van der Waals surface area contributed by atoms with Crippen LogP contribution in [-0.2, 0) is 6.61 Å². The summed E-state index contributed by atoms with van der Waals surface area (Å²) in [5.74, 6) is 0.0672. The fourth-order valence-corrected chi connectivity index (χ4v) is 3.25. The summed E-state index contributed by atoms with van der Waals surface area (Å²) in [7, 11) is 0. The van der Waals surface area contributed by atoms with Crippen molar-refractivity contribution < 1.29 is 19.2 Å². The third-order valence-electron chi connectivity index (χ3n) is 4.35.